The fourth-order valence-electron chi connectivity index (χ4n) is 2.75. The number of nitrogens with one attached hydrogen (secondary N) is 3. The number of anilines is 1. The maximum Gasteiger partial charge on any atom is 0.196 e. The second kappa shape index (κ2) is 10.1. The van der Waals surface area contributed by atoms with Crippen LogP contribution >= 0.6 is 0 Å². The Morgan fingerprint density at radius 3 is 2.43 bits per heavy atom. The van der Waals surface area contributed by atoms with Gasteiger partial charge in [-0.15, -0.1) is 0 Å². The zero-order valence-corrected chi connectivity index (χ0v) is 17.5. The van der Waals surface area contributed by atoms with Gasteiger partial charge in [0.1, 0.15) is 18.1 Å². The van der Waals surface area contributed by atoms with Crippen molar-refractivity contribution in [2.45, 2.75) is 13.5 Å². The lowest BCUT2D eigenvalue weighted by atomic mass is 10.2. The summed E-state index contributed by atoms with van der Waals surface area (Å²) in [4.78, 5) is 9.10. The highest BCUT2D eigenvalue weighted by Crippen LogP contribution is 2.29. The van der Waals surface area contributed by atoms with Crippen LogP contribution in [0.2, 0.25) is 0 Å². The van der Waals surface area contributed by atoms with Crippen LogP contribution in [-0.2, 0) is 6.54 Å². The normalized spacial score (nSPS) is 11.1. The van der Waals surface area contributed by atoms with E-state index in [1.165, 1.54) is 0 Å². The molecule has 0 spiro atoms. The highest BCUT2D eigenvalue weighted by atomic mass is 16.5. The molecule has 0 bridgehead atoms. The monoisotopic (exact) mass is 410 g/mol. The Labute approximate surface area is 175 Å². The minimum atomic E-state index is 0.339. The number of benzene rings is 2. The third kappa shape index (κ3) is 5.19. The Bertz CT molecular complexity index is 985. The Balaban J connectivity index is 1.71. The molecule has 3 N–H and O–H groups in total. The maximum absolute atomic E-state index is 5.35. The van der Waals surface area contributed by atoms with Gasteiger partial charge in [-0.1, -0.05) is 0 Å². The fourth-order valence-corrected chi connectivity index (χ4v) is 2.75. The van der Waals surface area contributed by atoms with Crippen LogP contribution in [-0.4, -0.2) is 49.0 Å². The summed E-state index contributed by atoms with van der Waals surface area (Å²) in [6.45, 7) is 3.06. The smallest absolute Gasteiger partial charge is 0.196 e. The molecule has 30 heavy (non-hydrogen) atoms. The largest absolute Gasteiger partial charge is 0.497 e. The topological polar surface area (TPSA) is 106 Å². The summed E-state index contributed by atoms with van der Waals surface area (Å²) < 4.78 is 15.8. The van der Waals surface area contributed by atoms with Crippen LogP contribution in [0.3, 0.4) is 0 Å². The van der Waals surface area contributed by atoms with Gasteiger partial charge in [0.25, 0.3) is 0 Å². The molecule has 0 aliphatic carbocycles. The van der Waals surface area contributed by atoms with Gasteiger partial charge in [0.05, 0.1) is 21.3 Å². The molecule has 0 saturated carbocycles. The predicted molar refractivity (Wildman–Crippen MR) is 116 cm³/mol. The molecular formula is C21H26N6O3. The molecule has 9 heteroatoms. The fraction of sp³-hybridized carbons (Fsp3) is 0.286. The summed E-state index contributed by atoms with van der Waals surface area (Å²) in [6, 6.07) is 13.2. The number of guanidine groups is 1. The molecule has 0 fully saturated rings. The Hall–Kier alpha value is -3.75. The van der Waals surface area contributed by atoms with Gasteiger partial charge in [-0.2, -0.15) is 5.10 Å². The first-order valence-corrected chi connectivity index (χ1v) is 9.49. The molecule has 0 aliphatic rings. The van der Waals surface area contributed by atoms with Gasteiger partial charge < -0.3 is 24.8 Å². The minimum Gasteiger partial charge on any atom is -0.497 e. The lowest BCUT2D eigenvalue weighted by Crippen LogP contribution is -2.30. The molecule has 2 aromatic carbocycles. The van der Waals surface area contributed by atoms with Gasteiger partial charge in [-0.25, -0.2) is 9.98 Å². The summed E-state index contributed by atoms with van der Waals surface area (Å²) in [5.41, 5.74) is 1.72. The van der Waals surface area contributed by atoms with Gasteiger partial charge in [0.2, 0.25) is 0 Å². The number of aromatic amines is 1. The summed E-state index contributed by atoms with van der Waals surface area (Å²) in [5.74, 6) is 3.98. The lowest BCUT2D eigenvalue weighted by Gasteiger charge is -2.13. The molecule has 158 valence electrons. The number of ether oxygens (including phenoxy) is 3. The van der Waals surface area contributed by atoms with Crippen LogP contribution in [0.25, 0.3) is 11.4 Å². The van der Waals surface area contributed by atoms with E-state index >= 15 is 0 Å². The van der Waals surface area contributed by atoms with E-state index in [0.29, 0.717) is 42.2 Å². The van der Waals surface area contributed by atoms with Crippen molar-refractivity contribution in [2.75, 3.05) is 33.2 Å². The van der Waals surface area contributed by atoms with Crippen molar-refractivity contribution in [1.29, 1.82) is 0 Å². The third-order valence-corrected chi connectivity index (χ3v) is 4.26. The number of aliphatic imine (C=N–C) groups is 1. The average Bonchev–Trinajstić information content (AvgIpc) is 3.26. The van der Waals surface area contributed by atoms with E-state index in [1.54, 1.807) is 21.3 Å². The molecule has 3 rings (SSSR count). The van der Waals surface area contributed by atoms with Crippen molar-refractivity contribution in [3.05, 3.63) is 48.3 Å². The number of rotatable bonds is 8. The van der Waals surface area contributed by atoms with Crippen molar-refractivity contribution < 1.29 is 14.2 Å². The van der Waals surface area contributed by atoms with E-state index in [2.05, 4.69) is 30.8 Å². The summed E-state index contributed by atoms with van der Waals surface area (Å²) in [6.07, 6.45) is 0. The molecular weight excluding hydrogens is 384 g/mol. The SMILES string of the molecule is CCNC(=NCc1nc(-c2ccc(OC)cc2)n[nH]1)Nc1ccc(OC)c(OC)c1. The number of hydrogen-bond acceptors (Lipinski definition) is 6. The lowest BCUT2D eigenvalue weighted by molar-refractivity contribution is 0.355. The van der Waals surface area contributed by atoms with Crippen LogP contribution in [0, 0.1) is 0 Å². The van der Waals surface area contributed by atoms with Crippen molar-refractivity contribution in [3.8, 4) is 28.6 Å². The molecule has 3 aromatic rings. The molecule has 1 heterocycles. The van der Waals surface area contributed by atoms with Crippen molar-refractivity contribution in [3.63, 3.8) is 0 Å². The van der Waals surface area contributed by atoms with Crippen LogP contribution in [0.5, 0.6) is 17.2 Å². The van der Waals surface area contributed by atoms with Crippen LogP contribution in [0.4, 0.5) is 5.69 Å². The number of methoxy groups -OCH3 is 3. The maximum atomic E-state index is 5.35. The number of H-pyrrole nitrogens is 1. The number of hydrogen-bond donors (Lipinski definition) is 3. The van der Waals surface area contributed by atoms with E-state index < -0.39 is 0 Å². The van der Waals surface area contributed by atoms with E-state index in [4.69, 9.17) is 14.2 Å². The average molecular weight is 410 g/mol. The first kappa shape index (κ1) is 21.0. The van der Waals surface area contributed by atoms with Gasteiger partial charge >= 0.3 is 0 Å². The third-order valence-electron chi connectivity index (χ3n) is 4.26. The minimum absolute atomic E-state index is 0.339. The molecule has 0 amide bonds. The van der Waals surface area contributed by atoms with Crippen LogP contribution in [0.15, 0.2) is 47.5 Å². The molecule has 1 aromatic heterocycles. The second-order valence-electron chi connectivity index (χ2n) is 6.22. The van der Waals surface area contributed by atoms with E-state index in [-0.39, 0.29) is 0 Å². The Morgan fingerprint density at radius 2 is 1.77 bits per heavy atom. The molecule has 0 unspecified atom stereocenters. The number of aromatic nitrogens is 3. The van der Waals surface area contributed by atoms with Gasteiger partial charge in [0.15, 0.2) is 23.3 Å². The molecule has 0 aliphatic heterocycles. The zero-order valence-electron chi connectivity index (χ0n) is 17.5. The highest BCUT2D eigenvalue weighted by Gasteiger charge is 2.08. The summed E-state index contributed by atoms with van der Waals surface area (Å²) in [7, 11) is 4.84. The molecule has 0 atom stereocenters. The molecule has 0 saturated heterocycles. The first-order chi connectivity index (χ1) is 14.7. The van der Waals surface area contributed by atoms with Gasteiger partial charge in [-0.3, -0.25) is 5.10 Å². The number of nitrogens with zero attached hydrogens (tertiary/aromatic N) is 3. The second-order valence-corrected chi connectivity index (χ2v) is 6.22. The standard InChI is InChI=1S/C21H26N6O3/c1-5-22-21(24-15-8-11-17(29-3)18(12-15)30-4)23-13-19-25-20(27-26-19)14-6-9-16(28-2)10-7-14/h6-12H,5,13H2,1-4H3,(H2,22,23,24)(H,25,26,27). The summed E-state index contributed by atoms with van der Waals surface area (Å²) in [5, 5.41) is 13.7. The quantitative estimate of drug-likeness (QED) is 0.387. The van der Waals surface area contributed by atoms with Crippen molar-refractivity contribution in [2.24, 2.45) is 4.99 Å². The zero-order chi connectivity index (χ0) is 21.3. The van der Waals surface area contributed by atoms with Gasteiger partial charge in [-0.05, 0) is 43.3 Å². The van der Waals surface area contributed by atoms with Gasteiger partial charge in [0, 0.05) is 23.9 Å². The van der Waals surface area contributed by atoms with Crippen molar-refractivity contribution in [1.82, 2.24) is 20.5 Å². The Kier molecular flexibility index (Phi) is 7.09. The van der Waals surface area contributed by atoms with E-state index in [9.17, 15) is 0 Å². The summed E-state index contributed by atoms with van der Waals surface area (Å²) >= 11 is 0. The molecule has 0 radical (unpaired) electrons. The first-order valence-electron chi connectivity index (χ1n) is 9.49. The Morgan fingerprint density at radius 1 is 1.00 bits per heavy atom. The van der Waals surface area contributed by atoms with Crippen LogP contribution in [0.1, 0.15) is 12.7 Å². The highest BCUT2D eigenvalue weighted by molar-refractivity contribution is 5.93. The molecule has 9 nitrogen and oxygen atoms in total. The van der Waals surface area contributed by atoms with Crippen LogP contribution < -0.4 is 24.8 Å². The predicted octanol–water partition coefficient (Wildman–Crippen LogP) is 3.08. The van der Waals surface area contributed by atoms with E-state index in [1.807, 2.05) is 49.4 Å². The van der Waals surface area contributed by atoms with Crippen molar-refractivity contribution >= 4 is 11.6 Å². The van der Waals surface area contributed by atoms with E-state index in [0.717, 1.165) is 17.0 Å².